The van der Waals surface area contributed by atoms with Crippen molar-refractivity contribution < 1.29 is 51.8 Å². The van der Waals surface area contributed by atoms with Crippen molar-refractivity contribution in [3.05, 3.63) is 79.4 Å². The van der Waals surface area contributed by atoms with Crippen LogP contribution in [0.5, 0.6) is 0 Å². The van der Waals surface area contributed by atoms with Gasteiger partial charge in [-0.1, -0.05) is 81.4 Å². The SMILES string of the molecule is COC[C@H]1O[C@H](C(OC(=S)n2ccnc2)[C@H]2[C@H](OC)[C@@H](OC)[C@@H](OC)O[C@@H]2CO[Si](c2ccccc2)(c2ccccc2)C(C)(C)C)[C@@H](OC)[C@@H](OC)[C@@H]1OC. The van der Waals surface area contributed by atoms with Crippen LogP contribution in [-0.4, -0.2) is 147 Å². The van der Waals surface area contributed by atoms with Gasteiger partial charge < -0.3 is 51.8 Å². The lowest BCUT2D eigenvalue weighted by Crippen LogP contribution is -2.70. The molecule has 13 nitrogen and oxygen atoms in total. The van der Waals surface area contributed by atoms with E-state index in [1.165, 1.54) is 0 Å². The topological polar surface area (TPSA) is 119 Å². The van der Waals surface area contributed by atoms with Gasteiger partial charge in [0.15, 0.2) is 6.29 Å². The number of imidazole rings is 1. The molecule has 2 aliphatic rings. The summed E-state index contributed by atoms with van der Waals surface area (Å²) in [4.78, 5) is 4.20. The summed E-state index contributed by atoms with van der Waals surface area (Å²) in [6.45, 7) is 7.04. The maximum atomic E-state index is 7.52. The Hall–Kier alpha value is -2.64. The highest BCUT2D eigenvalue weighted by atomic mass is 32.1. The Kier molecular flexibility index (Phi) is 15.6. The van der Waals surface area contributed by atoms with E-state index in [0.717, 1.165) is 10.4 Å². The third-order valence-corrected chi connectivity index (χ3v) is 16.2. The molecule has 1 aromatic heterocycles. The van der Waals surface area contributed by atoms with E-state index in [9.17, 15) is 0 Å². The predicted octanol–water partition coefficient (Wildman–Crippen LogP) is 3.45. The second-order valence-electron chi connectivity index (χ2n) is 14.7. The zero-order valence-corrected chi connectivity index (χ0v) is 35.4. The molecule has 0 saturated carbocycles. The molecule has 0 radical (unpaired) electrons. The number of benzene rings is 2. The smallest absolute Gasteiger partial charge is 0.269 e. The molecule has 2 saturated heterocycles. The molecule has 2 aromatic carbocycles. The summed E-state index contributed by atoms with van der Waals surface area (Å²) in [6, 6.07) is 20.9. The monoisotopic (exact) mass is 802 g/mol. The van der Waals surface area contributed by atoms with Crippen LogP contribution in [0.25, 0.3) is 0 Å². The third-order valence-electron chi connectivity index (χ3n) is 10.8. The van der Waals surface area contributed by atoms with E-state index >= 15 is 0 Å². The number of thiocarbonyl (C=S) groups is 1. The van der Waals surface area contributed by atoms with Gasteiger partial charge in [0.1, 0.15) is 49.1 Å². The quantitative estimate of drug-likeness (QED) is 0.156. The summed E-state index contributed by atoms with van der Waals surface area (Å²) in [7, 11) is 8.21. The molecule has 0 aliphatic carbocycles. The van der Waals surface area contributed by atoms with Gasteiger partial charge in [-0.05, 0) is 27.6 Å². The summed E-state index contributed by atoms with van der Waals surface area (Å²) in [5.74, 6) is -0.650. The fourth-order valence-electron chi connectivity index (χ4n) is 8.41. The molecule has 15 heteroatoms. The number of hydrogen-bond donors (Lipinski definition) is 0. The Labute approximate surface area is 331 Å². The van der Waals surface area contributed by atoms with Crippen molar-refractivity contribution in [2.45, 2.75) is 87.0 Å². The maximum Gasteiger partial charge on any atom is 0.269 e. The molecule has 3 heterocycles. The molecule has 0 bridgehead atoms. The van der Waals surface area contributed by atoms with Crippen LogP contribution in [0, 0.1) is 5.92 Å². The lowest BCUT2D eigenvalue weighted by Gasteiger charge is -2.53. The van der Waals surface area contributed by atoms with E-state index in [1.54, 1.807) is 73.1 Å². The summed E-state index contributed by atoms with van der Waals surface area (Å²) in [5, 5.41) is 2.08. The number of hydrogen-bond acceptors (Lipinski definition) is 13. The number of ether oxygens (including phenoxy) is 10. The molecular formula is C40H58N2O11SSi. The van der Waals surface area contributed by atoms with Crippen LogP contribution in [0.15, 0.2) is 79.4 Å². The molecule has 0 amide bonds. The molecule has 0 spiro atoms. The Morgan fingerprint density at radius 1 is 0.727 bits per heavy atom. The number of rotatable bonds is 16. The summed E-state index contributed by atoms with van der Waals surface area (Å²) >= 11 is 5.93. The predicted molar refractivity (Wildman–Crippen MR) is 212 cm³/mol. The van der Waals surface area contributed by atoms with Gasteiger partial charge in [0.2, 0.25) is 0 Å². The van der Waals surface area contributed by atoms with Crippen LogP contribution in [0.2, 0.25) is 5.04 Å². The minimum atomic E-state index is -3.06. The largest absolute Gasteiger partial charge is 0.464 e. The van der Waals surface area contributed by atoms with E-state index in [0.29, 0.717) is 0 Å². The molecule has 11 atom stereocenters. The van der Waals surface area contributed by atoms with Crippen molar-refractivity contribution >= 4 is 36.1 Å². The average Bonchev–Trinajstić information content (AvgIpc) is 3.75. The van der Waals surface area contributed by atoms with Gasteiger partial charge in [-0.25, -0.2) is 4.98 Å². The second kappa shape index (κ2) is 19.7. The van der Waals surface area contributed by atoms with E-state index < -0.39 is 75.5 Å². The zero-order chi connectivity index (χ0) is 39.8. The van der Waals surface area contributed by atoms with Crippen molar-refractivity contribution in [3.8, 4) is 0 Å². The highest BCUT2D eigenvalue weighted by molar-refractivity contribution is 7.80. The van der Waals surface area contributed by atoms with Crippen LogP contribution in [0.3, 0.4) is 0 Å². The molecule has 2 fully saturated rings. The third kappa shape index (κ3) is 8.93. The first-order valence-electron chi connectivity index (χ1n) is 18.5. The molecule has 3 aromatic rings. The number of methoxy groups -OCH3 is 7. The lowest BCUT2D eigenvalue weighted by molar-refractivity contribution is -0.319. The van der Waals surface area contributed by atoms with Gasteiger partial charge in [-0.3, -0.25) is 4.57 Å². The van der Waals surface area contributed by atoms with Gasteiger partial charge in [-0.2, -0.15) is 0 Å². The second-order valence-corrected chi connectivity index (χ2v) is 19.4. The number of nitrogens with zero attached hydrogens (tertiary/aromatic N) is 2. The minimum Gasteiger partial charge on any atom is -0.464 e. The highest BCUT2D eigenvalue weighted by Crippen LogP contribution is 2.42. The Bertz CT molecular complexity index is 1550. The van der Waals surface area contributed by atoms with Gasteiger partial charge in [0.05, 0.1) is 31.3 Å². The first-order valence-corrected chi connectivity index (χ1v) is 20.8. The van der Waals surface area contributed by atoms with Gasteiger partial charge in [-0.15, -0.1) is 0 Å². The molecule has 1 unspecified atom stereocenters. The molecule has 55 heavy (non-hydrogen) atoms. The lowest BCUT2D eigenvalue weighted by atomic mass is 9.78. The van der Waals surface area contributed by atoms with Crippen molar-refractivity contribution in [1.82, 2.24) is 9.55 Å². The van der Waals surface area contributed by atoms with Crippen LogP contribution in [0.4, 0.5) is 0 Å². The molecule has 0 N–H and O–H groups in total. The fourth-order valence-corrected chi connectivity index (χ4v) is 13.2. The standard InChI is InChI=1S/C40H58N2O11SSi/c1-40(2,3)55(26-17-13-11-14-18-26,27-19-15-12-16-20-27)50-24-28-30(32(45-6)37(48-9)38(49-10)52-28)33(53-39(54)42-22-21-41-25-42)36-35(47-8)34(46-7)31(44-5)29(51-36)23-43-4/h11-22,25,28-38H,23-24H2,1-10H3/t28-,29-,30-,31-,32+,33?,34+,35+,36-,37-,38+/m1/s1. The average molecular weight is 803 g/mol. The van der Waals surface area contributed by atoms with E-state index in [-0.39, 0.29) is 23.4 Å². The van der Waals surface area contributed by atoms with Crippen LogP contribution < -0.4 is 10.4 Å². The van der Waals surface area contributed by atoms with Crippen molar-refractivity contribution in [3.63, 3.8) is 0 Å². The van der Waals surface area contributed by atoms with Crippen molar-refractivity contribution in [2.24, 2.45) is 5.92 Å². The van der Waals surface area contributed by atoms with Crippen LogP contribution >= 0.6 is 12.2 Å². The van der Waals surface area contributed by atoms with Crippen LogP contribution in [0.1, 0.15) is 20.8 Å². The Morgan fingerprint density at radius 3 is 1.78 bits per heavy atom. The first-order chi connectivity index (χ1) is 26.5. The highest BCUT2D eigenvalue weighted by Gasteiger charge is 2.59. The summed E-state index contributed by atoms with van der Waals surface area (Å²) in [5.41, 5.74) is 0. The molecule has 304 valence electrons. The fraction of sp³-hybridized carbons (Fsp3) is 0.600. The Morgan fingerprint density at radius 2 is 1.31 bits per heavy atom. The van der Waals surface area contributed by atoms with Gasteiger partial charge in [0, 0.05) is 62.2 Å². The normalized spacial score (nSPS) is 29.5. The maximum absolute atomic E-state index is 7.52. The molecular weight excluding hydrogens is 745 g/mol. The van der Waals surface area contributed by atoms with Crippen molar-refractivity contribution in [2.75, 3.05) is 63.0 Å². The molecule has 2 aliphatic heterocycles. The minimum absolute atomic E-state index is 0.131. The Balaban J connectivity index is 1.68. The summed E-state index contributed by atoms with van der Waals surface area (Å²) < 4.78 is 72.1. The van der Waals surface area contributed by atoms with Crippen molar-refractivity contribution in [1.29, 1.82) is 0 Å². The van der Waals surface area contributed by atoms with Crippen LogP contribution in [-0.2, 0) is 51.8 Å². The van der Waals surface area contributed by atoms with Gasteiger partial charge >= 0.3 is 0 Å². The number of aromatic nitrogens is 2. The van der Waals surface area contributed by atoms with E-state index in [4.69, 9.17) is 64.0 Å². The van der Waals surface area contributed by atoms with Gasteiger partial charge in [0.25, 0.3) is 13.5 Å². The van der Waals surface area contributed by atoms with E-state index in [2.05, 4.69) is 74.3 Å². The zero-order valence-electron chi connectivity index (χ0n) is 33.6. The first kappa shape index (κ1) is 43.5. The van der Waals surface area contributed by atoms with E-state index in [1.807, 2.05) is 12.1 Å². The summed E-state index contributed by atoms with van der Waals surface area (Å²) in [6.07, 6.45) is -2.02. The molecule has 5 rings (SSSR count).